The van der Waals surface area contributed by atoms with Gasteiger partial charge in [-0.1, -0.05) is 6.08 Å². The Balaban J connectivity index is 2.09. The van der Waals surface area contributed by atoms with Gasteiger partial charge in [0.05, 0.1) is 6.54 Å². The quantitative estimate of drug-likeness (QED) is 0.792. The van der Waals surface area contributed by atoms with Gasteiger partial charge in [0, 0.05) is 16.7 Å². The molecule has 0 atom stereocenters. The average molecular weight is 207 g/mol. The zero-order chi connectivity index (χ0) is 9.97. The number of fused-ring (bicyclic) bond motifs is 1. The molecule has 1 N–H and O–H groups in total. The smallest absolute Gasteiger partial charge is 0.217 e. The van der Waals surface area contributed by atoms with E-state index in [4.69, 9.17) is 0 Å². The number of carbonyl (C=O) groups is 1. The van der Waals surface area contributed by atoms with E-state index in [1.165, 1.54) is 15.3 Å². The fourth-order valence-electron chi connectivity index (χ4n) is 1.57. The molecule has 0 aromatic carbocycles. The molecule has 0 fully saturated rings. The number of hydrogen-bond donors (Lipinski definition) is 1. The minimum absolute atomic E-state index is 0.0342. The van der Waals surface area contributed by atoms with Gasteiger partial charge in [0.2, 0.25) is 5.91 Å². The molecule has 14 heavy (non-hydrogen) atoms. The van der Waals surface area contributed by atoms with E-state index < -0.39 is 0 Å². The Morgan fingerprint density at radius 1 is 1.64 bits per heavy atom. The maximum Gasteiger partial charge on any atom is 0.217 e. The van der Waals surface area contributed by atoms with Gasteiger partial charge in [0.1, 0.15) is 0 Å². The van der Waals surface area contributed by atoms with Crippen LogP contribution in [0.1, 0.15) is 28.7 Å². The molecule has 74 valence electrons. The van der Waals surface area contributed by atoms with Crippen molar-refractivity contribution in [2.75, 3.05) is 0 Å². The van der Waals surface area contributed by atoms with Crippen LogP contribution in [0.2, 0.25) is 0 Å². The second-order valence-corrected chi connectivity index (χ2v) is 4.62. The van der Waals surface area contributed by atoms with Gasteiger partial charge in [-0.2, -0.15) is 0 Å². The number of carbonyl (C=O) groups excluding carboxylic acids is 1. The van der Waals surface area contributed by atoms with Gasteiger partial charge >= 0.3 is 0 Å². The van der Waals surface area contributed by atoms with E-state index >= 15 is 0 Å². The highest BCUT2D eigenvalue weighted by Crippen LogP contribution is 2.28. The van der Waals surface area contributed by atoms with Gasteiger partial charge in [-0.3, -0.25) is 4.79 Å². The lowest BCUT2D eigenvalue weighted by atomic mass is 10.1. The molecule has 0 spiro atoms. The predicted molar refractivity (Wildman–Crippen MR) is 59.2 cm³/mol. The highest BCUT2D eigenvalue weighted by atomic mass is 32.1. The molecule has 1 aliphatic rings. The molecule has 1 aromatic rings. The summed E-state index contributed by atoms with van der Waals surface area (Å²) in [7, 11) is 0. The molecule has 1 amide bonds. The third-order valence-electron chi connectivity index (χ3n) is 2.25. The summed E-state index contributed by atoms with van der Waals surface area (Å²) >= 11 is 1.78. The minimum Gasteiger partial charge on any atom is -0.351 e. The van der Waals surface area contributed by atoms with Crippen molar-refractivity contribution >= 4 is 23.3 Å². The largest absolute Gasteiger partial charge is 0.351 e. The third-order valence-corrected chi connectivity index (χ3v) is 3.40. The minimum atomic E-state index is 0.0342. The Morgan fingerprint density at radius 3 is 3.21 bits per heavy atom. The van der Waals surface area contributed by atoms with Crippen LogP contribution >= 0.6 is 11.3 Å². The summed E-state index contributed by atoms with van der Waals surface area (Å²) in [6, 6.07) is 2.21. The summed E-state index contributed by atoms with van der Waals surface area (Å²) in [6.07, 6.45) is 6.67. The van der Waals surface area contributed by atoms with Crippen LogP contribution in [0.15, 0.2) is 12.1 Å². The van der Waals surface area contributed by atoms with E-state index in [0.717, 1.165) is 12.8 Å². The average Bonchev–Trinajstić information content (AvgIpc) is 2.57. The van der Waals surface area contributed by atoms with Crippen LogP contribution in [0.4, 0.5) is 0 Å². The number of hydrogen-bond acceptors (Lipinski definition) is 2. The van der Waals surface area contributed by atoms with E-state index in [0.29, 0.717) is 6.54 Å². The summed E-state index contributed by atoms with van der Waals surface area (Å²) in [5.41, 5.74) is 1.43. The second-order valence-electron chi connectivity index (χ2n) is 3.45. The first-order chi connectivity index (χ1) is 6.75. The van der Waals surface area contributed by atoms with Gasteiger partial charge in [0.25, 0.3) is 0 Å². The molecular formula is C11H13NOS. The predicted octanol–water partition coefficient (Wildman–Crippen LogP) is 2.34. The zero-order valence-corrected chi connectivity index (χ0v) is 8.99. The molecule has 3 heteroatoms. The van der Waals surface area contributed by atoms with E-state index in [1.54, 1.807) is 18.3 Å². The van der Waals surface area contributed by atoms with E-state index in [1.807, 2.05) is 0 Å². The summed E-state index contributed by atoms with van der Waals surface area (Å²) in [5, 5.41) is 2.82. The molecule has 2 nitrogen and oxygen atoms in total. The highest BCUT2D eigenvalue weighted by Gasteiger charge is 2.09. The fourth-order valence-corrected chi connectivity index (χ4v) is 2.65. The monoisotopic (exact) mass is 207 g/mol. The number of amides is 1. The van der Waals surface area contributed by atoms with Crippen LogP contribution in [0.3, 0.4) is 0 Å². The van der Waals surface area contributed by atoms with Gasteiger partial charge in [0.15, 0.2) is 0 Å². The Bertz CT molecular complexity index is 379. The summed E-state index contributed by atoms with van der Waals surface area (Å²) in [6.45, 7) is 2.22. The summed E-state index contributed by atoms with van der Waals surface area (Å²) in [4.78, 5) is 13.3. The topological polar surface area (TPSA) is 29.1 Å². The molecular weight excluding hydrogens is 194 g/mol. The van der Waals surface area contributed by atoms with Crippen LogP contribution in [0, 0.1) is 0 Å². The molecule has 1 aromatic heterocycles. The van der Waals surface area contributed by atoms with Crippen molar-refractivity contribution < 1.29 is 4.79 Å². The molecule has 1 heterocycles. The Hall–Kier alpha value is -1.09. The Kier molecular flexibility index (Phi) is 2.68. The number of thiophene rings is 1. The van der Waals surface area contributed by atoms with Crippen LogP contribution in [-0.2, 0) is 17.8 Å². The van der Waals surface area contributed by atoms with Crippen molar-refractivity contribution in [1.29, 1.82) is 0 Å². The number of aryl methyl sites for hydroxylation is 1. The molecule has 0 saturated heterocycles. The lowest BCUT2D eigenvalue weighted by Crippen LogP contribution is -2.18. The molecule has 0 aliphatic heterocycles. The van der Waals surface area contributed by atoms with E-state index in [9.17, 15) is 4.79 Å². The van der Waals surface area contributed by atoms with Crippen LogP contribution < -0.4 is 5.32 Å². The maximum absolute atomic E-state index is 10.7. The van der Waals surface area contributed by atoms with Crippen LogP contribution in [0.5, 0.6) is 0 Å². The van der Waals surface area contributed by atoms with Gasteiger partial charge < -0.3 is 5.32 Å². The van der Waals surface area contributed by atoms with Crippen molar-refractivity contribution in [3.63, 3.8) is 0 Å². The first-order valence-electron chi connectivity index (χ1n) is 4.78. The summed E-state index contributed by atoms with van der Waals surface area (Å²) < 4.78 is 0. The molecule has 1 aliphatic carbocycles. The lowest BCUT2D eigenvalue weighted by molar-refractivity contribution is -0.119. The first kappa shape index (κ1) is 9.46. The lowest BCUT2D eigenvalue weighted by Gasteiger charge is -2.01. The SMILES string of the molecule is CC(=O)NCc1cc2c(s1)C=CCC2. The normalized spacial score (nSPS) is 13.8. The Labute approximate surface area is 87.6 Å². The summed E-state index contributed by atoms with van der Waals surface area (Å²) in [5.74, 6) is 0.0342. The van der Waals surface area contributed by atoms with Crippen molar-refractivity contribution in [3.8, 4) is 0 Å². The first-order valence-corrected chi connectivity index (χ1v) is 5.60. The van der Waals surface area contributed by atoms with Crippen molar-refractivity contribution in [2.24, 2.45) is 0 Å². The van der Waals surface area contributed by atoms with Gasteiger partial charge in [-0.05, 0) is 30.5 Å². The number of nitrogens with one attached hydrogen (secondary N) is 1. The van der Waals surface area contributed by atoms with Gasteiger partial charge in [-0.25, -0.2) is 0 Å². The number of rotatable bonds is 2. The van der Waals surface area contributed by atoms with E-state index in [2.05, 4.69) is 23.5 Å². The van der Waals surface area contributed by atoms with Crippen LogP contribution in [0.25, 0.3) is 6.08 Å². The van der Waals surface area contributed by atoms with Crippen molar-refractivity contribution in [3.05, 3.63) is 27.5 Å². The standard InChI is InChI=1S/C11H13NOS/c1-8(13)12-7-10-6-9-4-2-3-5-11(9)14-10/h3,5-6H,2,4,7H2,1H3,(H,12,13). The van der Waals surface area contributed by atoms with Crippen molar-refractivity contribution in [2.45, 2.75) is 26.3 Å². The molecule has 0 saturated carbocycles. The highest BCUT2D eigenvalue weighted by molar-refractivity contribution is 7.13. The molecule has 0 radical (unpaired) electrons. The number of allylic oxidation sites excluding steroid dienone is 1. The van der Waals surface area contributed by atoms with E-state index in [-0.39, 0.29) is 5.91 Å². The van der Waals surface area contributed by atoms with Crippen molar-refractivity contribution in [1.82, 2.24) is 5.32 Å². The second kappa shape index (κ2) is 3.96. The zero-order valence-electron chi connectivity index (χ0n) is 8.17. The van der Waals surface area contributed by atoms with Gasteiger partial charge in [-0.15, -0.1) is 11.3 Å². The Morgan fingerprint density at radius 2 is 2.50 bits per heavy atom. The molecule has 2 rings (SSSR count). The molecule has 0 bridgehead atoms. The maximum atomic E-state index is 10.7. The van der Waals surface area contributed by atoms with Crippen LogP contribution in [-0.4, -0.2) is 5.91 Å². The third kappa shape index (κ3) is 2.04. The molecule has 0 unspecified atom stereocenters. The fraction of sp³-hybridized carbons (Fsp3) is 0.364.